The van der Waals surface area contributed by atoms with E-state index in [-0.39, 0.29) is 40.5 Å². The van der Waals surface area contributed by atoms with Gasteiger partial charge in [0, 0.05) is 22.8 Å². The van der Waals surface area contributed by atoms with Crippen LogP contribution in [0, 0.1) is 22.7 Å². The number of halogens is 1. The minimum atomic E-state index is -0.722. The predicted molar refractivity (Wildman–Crippen MR) is 101 cm³/mol. The molecule has 1 aliphatic heterocycles. The van der Waals surface area contributed by atoms with E-state index in [0.717, 1.165) is 37.7 Å². The van der Waals surface area contributed by atoms with Crippen LogP contribution >= 0.6 is 0 Å². The highest BCUT2D eigenvalue weighted by Crippen LogP contribution is 2.74. The monoisotopic (exact) mass is 388 g/mol. The maximum Gasteiger partial charge on any atom is 0.305 e. The van der Waals surface area contributed by atoms with Crippen LogP contribution in [0.15, 0.2) is 23.3 Å². The Labute approximate surface area is 165 Å². The minimum absolute atomic E-state index is 0.0400. The molecular weight excluding hydrogens is 359 g/mol. The maximum absolute atomic E-state index is 13.5. The van der Waals surface area contributed by atoms with Crippen molar-refractivity contribution in [3.63, 3.8) is 0 Å². The van der Waals surface area contributed by atoms with Crippen molar-refractivity contribution >= 4 is 11.8 Å². The van der Waals surface area contributed by atoms with Crippen molar-refractivity contribution in [2.45, 2.75) is 77.1 Å². The number of ketones is 1. The standard InChI is InChI=1S/C23H29FO4/c1-4-20(26)27-18-8-7-15-16-6-5-14-9-17(25)13(12-24)10-22(14,3)23(16)19(28-23)11-21(15,18)2/h9-10,15-16,18-19H,4-8,11-12H2,1-3H3/t15-,16-,18-,19-,21-,22-,23+/m0/s1. The summed E-state index contributed by atoms with van der Waals surface area (Å²) in [5.74, 6) is 0.478. The van der Waals surface area contributed by atoms with Crippen molar-refractivity contribution in [2.75, 3.05) is 6.67 Å². The van der Waals surface area contributed by atoms with Gasteiger partial charge in [-0.05, 0) is 56.9 Å². The number of allylic oxidation sites excluding steroid dienone is 2. The van der Waals surface area contributed by atoms with Crippen LogP contribution in [0.25, 0.3) is 0 Å². The molecule has 7 atom stereocenters. The first-order valence-electron chi connectivity index (χ1n) is 10.7. The Morgan fingerprint density at radius 2 is 2.07 bits per heavy atom. The van der Waals surface area contributed by atoms with Gasteiger partial charge in [0.05, 0.1) is 6.10 Å². The molecule has 0 unspecified atom stereocenters. The van der Waals surface area contributed by atoms with Crippen LogP contribution < -0.4 is 0 Å². The first-order valence-corrected chi connectivity index (χ1v) is 10.7. The average molecular weight is 388 g/mol. The topological polar surface area (TPSA) is 55.9 Å². The summed E-state index contributed by atoms with van der Waals surface area (Å²) in [6.45, 7) is 5.52. The SMILES string of the molecule is CCC(=O)O[C@H]1CC[C@H]2[C@@H]3CCC4=CC(=O)C(CF)=C[C@]4(C)[C@@]34O[C@H]4C[C@]12C. The molecule has 0 radical (unpaired) electrons. The number of fused-ring (bicyclic) bond motifs is 3. The van der Waals surface area contributed by atoms with Gasteiger partial charge in [0.15, 0.2) is 5.78 Å². The summed E-state index contributed by atoms with van der Waals surface area (Å²) < 4.78 is 25.8. The van der Waals surface area contributed by atoms with Crippen molar-refractivity contribution in [2.24, 2.45) is 22.7 Å². The third-order valence-electron chi connectivity index (χ3n) is 8.74. The molecule has 0 aromatic carbocycles. The Morgan fingerprint density at radius 3 is 2.79 bits per heavy atom. The fourth-order valence-corrected chi connectivity index (χ4v) is 7.31. The van der Waals surface area contributed by atoms with Gasteiger partial charge in [0.2, 0.25) is 0 Å². The molecule has 0 aromatic rings. The largest absolute Gasteiger partial charge is 0.462 e. The third-order valence-corrected chi connectivity index (χ3v) is 8.74. The number of ether oxygens (including phenoxy) is 2. The van der Waals surface area contributed by atoms with Gasteiger partial charge in [-0.15, -0.1) is 0 Å². The highest BCUT2D eigenvalue weighted by Gasteiger charge is 2.79. The van der Waals surface area contributed by atoms with Gasteiger partial charge >= 0.3 is 5.97 Å². The number of carbonyl (C=O) groups excluding carboxylic acids is 2. The number of hydrogen-bond acceptors (Lipinski definition) is 4. The molecule has 28 heavy (non-hydrogen) atoms. The Morgan fingerprint density at radius 1 is 1.29 bits per heavy atom. The fraction of sp³-hybridized carbons (Fsp3) is 0.739. The van der Waals surface area contributed by atoms with E-state index in [1.807, 2.05) is 13.0 Å². The summed E-state index contributed by atoms with van der Waals surface area (Å²) in [6.07, 6.45) is 8.65. The predicted octanol–water partition coefficient (Wildman–Crippen LogP) is 4.09. The first-order chi connectivity index (χ1) is 13.3. The van der Waals surface area contributed by atoms with Crippen LogP contribution in [0.3, 0.4) is 0 Å². The Bertz CT molecular complexity index is 815. The summed E-state index contributed by atoms with van der Waals surface area (Å²) in [4.78, 5) is 24.2. The molecule has 0 amide bonds. The van der Waals surface area contributed by atoms with Gasteiger partial charge in [0.1, 0.15) is 18.4 Å². The molecule has 3 saturated carbocycles. The van der Waals surface area contributed by atoms with E-state index in [9.17, 15) is 14.0 Å². The normalized spacial score (nSPS) is 48.5. The van der Waals surface area contributed by atoms with Crippen LogP contribution in [0.4, 0.5) is 4.39 Å². The van der Waals surface area contributed by atoms with E-state index in [4.69, 9.17) is 9.47 Å². The van der Waals surface area contributed by atoms with Crippen LogP contribution in [-0.2, 0) is 19.1 Å². The lowest BCUT2D eigenvalue weighted by Gasteiger charge is -2.54. The third kappa shape index (κ3) is 2.09. The number of alkyl halides is 1. The Kier molecular flexibility index (Phi) is 3.82. The highest BCUT2D eigenvalue weighted by atomic mass is 19.1. The van der Waals surface area contributed by atoms with Gasteiger partial charge < -0.3 is 9.47 Å². The molecule has 0 aromatic heterocycles. The lowest BCUT2D eigenvalue weighted by Crippen LogP contribution is -2.57. The molecular formula is C23H29FO4. The molecule has 5 aliphatic rings. The van der Waals surface area contributed by atoms with Gasteiger partial charge in [-0.1, -0.05) is 25.5 Å². The molecule has 1 spiro atoms. The van der Waals surface area contributed by atoms with Crippen LogP contribution in [0.2, 0.25) is 0 Å². The van der Waals surface area contributed by atoms with Gasteiger partial charge in [-0.25, -0.2) is 4.39 Å². The van der Waals surface area contributed by atoms with E-state index in [2.05, 4.69) is 13.8 Å². The molecule has 1 saturated heterocycles. The zero-order chi connectivity index (χ0) is 19.9. The molecule has 0 N–H and O–H groups in total. The smallest absolute Gasteiger partial charge is 0.305 e. The summed E-state index contributed by atoms with van der Waals surface area (Å²) in [5.41, 5.74) is 0.574. The molecule has 5 heteroatoms. The van der Waals surface area contributed by atoms with E-state index in [1.165, 1.54) is 0 Å². The summed E-state index contributed by atoms with van der Waals surface area (Å²) in [7, 11) is 0. The fourth-order valence-electron chi connectivity index (χ4n) is 7.31. The number of rotatable bonds is 3. The quantitative estimate of drug-likeness (QED) is 0.540. The molecule has 4 aliphatic carbocycles. The van der Waals surface area contributed by atoms with Crippen molar-refractivity contribution in [3.05, 3.63) is 23.3 Å². The van der Waals surface area contributed by atoms with Gasteiger partial charge in [-0.3, -0.25) is 9.59 Å². The van der Waals surface area contributed by atoms with Crippen molar-refractivity contribution < 1.29 is 23.5 Å². The van der Waals surface area contributed by atoms with Crippen LogP contribution in [0.5, 0.6) is 0 Å². The molecule has 5 rings (SSSR count). The molecule has 0 bridgehead atoms. The number of hydrogen-bond donors (Lipinski definition) is 0. The summed E-state index contributed by atoms with van der Waals surface area (Å²) >= 11 is 0. The molecule has 1 heterocycles. The van der Waals surface area contributed by atoms with Crippen LogP contribution in [0.1, 0.15) is 59.3 Å². The maximum atomic E-state index is 13.5. The van der Waals surface area contributed by atoms with E-state index >= 15 is 0 Å². The van der Waals surface area contributed by atoms with E-state index in [0.29, 0.717) is 18.3 Å². The van der Waals surface area contributed by atoms with Crippen molar-refractivity contribution in [1.82, 2.24) is 0 Å². The molecule has 4 fully saturated rings. The molecule has 4 nitrogen and oxygen atoms in total. The van der Waals surface area contributed by atoms with E-state index in [1.54, 1.807) is 6.08 Å². The lowest BCUT2D eigenvalue weighted by molar-refractivity contribution is -0.157. The second-order valence-corrected chi connectivity index (χ2v) is 9.81. The zero-order valence-electron chi connectivity index (χ0n) is 16.9. The number of carbonyl (C=O) groups is 2. The lowest BCUT2D eigenvalue weighted by atomic mass is 9.47. The Balaban J connectivity index is 1.51. The van der Waals surface area contributed by atoms with Gasteiger partial charge in [-0.2, -0.15) is 0 Å². The van der Waals surface area contributed by atoms with Gasteiger partial charge in [0.25, 0.3) is 0 Å². The second-order valence-electron chi connectivity index (χ2n) is 9.81. The first kappa shape index (κ1) is 18.5. The summed E-state index contributed by atoms with van der Waals surface area (Å²) in [5, 5.41) is 0. The number of epoxide rings is 1. The highest BCUT2D eigenvalue weighted by molar-refractivity contribution is 6.06. The van der Waals surface area contributed by atoms with Crippen molar-refractivity contribution in [3.8, 4) is 0 Å². The average Bonchev–Trinajstić information content (AvgIpc) is 3.30. The zero-order valence-corrected chi connectivity index (χ0v) is 16.9. The minimum Gasteiger partial charge on any atom is -0.462 e. The van der Waals surface area contributed by atoms with Crippen molar-refractivity contribution in [1.29, 1.82) is 0 Å². The second kappa shape index (κ2) is 5.78. The number of esters is 1. The molecule has 152 valence electrons. The van der Waals surface area contributed by atoms with E-state index < -0.39 is 12.1 Å². The van der Waals surface area contributed by atoms with Crippen LogP contribution in [-0.4, -0.2) is 36.2 Å². The Hall–Kier alpha value is -1.49. The summed E-state index contributed by atoms with van der Waals surface area (Å²) in [6, 6.07) is 0.